The van der Waals surface area contributed by atoms with Crippen LogP contribution in [0.4, 0.5) is 0 Å². The van der Waals surface area contributed by atoms with E-state index in [1.54, 1.807) is 0 Å². The molecule has 3 heteroatoms. The molecule has 82 valence electrons. The first kappa shape index (κ1) is 11.3. The molecule has 0 atom stereocenters. The molecule has 0 amide bonds. The number of rotatable bonds is 4. The van der Waals surface area contributed by atoms with Crippen LogP contribution in [0.25, 0.3) is 0 Å². The maximum atomic E-state index is 5.59. The summed E-state index contributed by atoms with van der Waals surface area (Å²) in [5.41, 5.74) is 2.27. The molecule has 0 saturated carbocycles. The zero-order chi connectivity index (χ0) is 11.2. The third-order valence-electron chi connectivity index (χ3n) is 2.17. The molecule has 16 heavy (non-hydrogen) atoms. The number of hydrogen-bond donors (Lipinski definition) is 0. The molecule has 0 aliphatic carbocycles. The van der Waals surface area contributed by atoms with Crippen molar-refractivity contribution in [1.29, 1.82) is 0 Å². The summed E-state index contributed by atoms with van der Waals surface area (Å²) < 4.78 is 6.44. The lowest BCUT2D eigenvalue weighted by molar-refractivity contribution is 0.107. The van der Waals surface area contributed by atoms with E-state index in [0.29, 0.717) is 13.2 Å². The Balaban J connectivity index is 1.82. The van der Waals surface area contributed by atoms with Crippen LogP contribution < -0.4 is 0 Å². The largest absolute Gasteiger partial charge is 0.372 e. The van der Waals surface area contributed by atoms with Gasteiger partial charge in [-0.05, 0) is 33.1 Å². The maximum Gasteiger partial charge on any atom is 0.106 e. The quantitative estimate of drug-likeness (QED) is 0.798. The lowest BCUT2D eigenvalue weighted by Gasteiger charge is -2.04. The number of hydrogen-bond acceptors (Lipinski definition) is 2. The maximum absolute atomic E-state index is 5.59. The van der Waals surface area contributed by atoms with Crippen molar-refractivity contribution in [3.63, 3.8) is 0 Å². The van der Waals surface area contributed by atoms with Gasteiger partial charge in [-0.1, -0.05) is 36.4 Å². The Bertz CT molecular complexity index is 427. The predicted molar refractivity (Wildman–Crippen MR) is 66.9 cm³/mol. The summed E-state index contributed by atoms with van der Waals surface area (Å²) in [6.07, 6.45) is 1.81. The molecule has 0 spiro atoms. The fraction of sp³-hybridized carbons (Fsp3) is 0.154. The zero-order valence-corrected chi connectivity index (χ0v) is 10.4. The van der Waals surface area contributed by atoms with Crippen LogP contribution in [-0.2, 0) is 18.0 Å². The highest BCUT2D eigenvalue weighted by atomic mass is 79.9. The van der Waals surface area contributed by atoms with Gasteiger partial charge in [0, 0.05) is 6.20 Å². The number of nitrogens with zero attached hydrogens (tertiary/aromatic N) is 1. The Kier molecular flexibility index (Phi) is 4.08. The van der Waals surface area contributed by atoms with Gasteiger partial charge in [-0.15, -0.1) is 0 Å². The van der Waals surface area contributed by atoms with Gasteiger partial charge >= 0.3 is 0 Å². The first-order valence-electron chi connectivity index (χ1n) is 5.07. The van der Waals surface area contributed by atoms with E-state index in [2.05, 4.69) is 33.0 Å². The van der Waals surface area contributed by atoms with Gasteiger partial charge in [0.15, 0.2) is 0 Å². The molecule has 0 radical (unpaired) electrons. The molecular weight excluding hydrogens is 266 g/mol. The molecule has 0 N–H and O–H groups in total. The van der Waals surface area contributed by atoms with Crippen LogP contribution in [0.5, 0.6) is 0 Å². The Morgan fingerprint density at radius 1 is 0.938 bits per heavy atom. The average Bonchev–Trinajstić information content (AvgIpc) is 2.33. The summed E-state index contributed by atoms with van der Waals surface area (Å²) in [5, 5.41) is 0. The predicted octanol–water partition coefficient (Wildman–Crippen LogP) is 3.56. The summed E-state index contributed by atoms with van der Waals surface area (Å²) in [5.74, 6) is 0. The fourth-order valence-corrected chi connectivity index (χ4v) is 1.59. The standard InChI is InChI=1S/C13H12BrNO/c14-13-7-6-12(8-15-13)10-16-9-11-4-2-1-3-5-11/h1-8H,9-10H2. The Labute approximate surface area is 103 Å². The van der Waals surface area contributed by atoms with Gasteiger partial charge in [0.05, 0.1) is 13.2 Å². The average molecular weight is 278 g/mol. The van der Waals surface area contributed by atoms with Crippen LogP contribution in [0.15, 0.2) is 53.3 Å². The van der Waals surface area contributed by atoms with Crippen LogP contribution in [0.3, 0.4) is 0 Å². The molecule has 2 rings (SSSR count). The second-order valence-electron chi connectivity index (χ2n) is 3.47. The fourth-order valence-electron chi connectivity index (χ4n) is 1.35. The number of aromatic nitrogens is 1. The lowest BCUT2D eigenvalue weighted by Crippen LogP contribution is -1.94. The van der Waals surface area contributed by atoms with E-state index >= 15 is 0 Å². The summed E-state index contributed by atoms with van der Waals surface area (Å²) in [7, 11) is 0. The van der Waals surface area contributed by atoms with Gasteiger partial charge in [-0.3, -0.25) is 0 Å². The summed E-state index contributed by atoms with van der Waals surface area (Å²) in [6.45, 7) is 1.23. The van der Waals surface area contributed by atoms with Gasteiger partial charge in [0.25, 0.3) is 0 Å². The molecule has 1 heterocycles. The van der Waals surface area contributed by atoms with Crippen molar-refractivity contribution in [2.24, 2.45) is 0 Å². The van der Waals surface area contributed by atoms with Gasteiger partial charge < -0.3 is 4.74 Å². The van der Waals surface area contributed by atoms with E-state index in [-0.39, 0.29) is 0 Å². The summed E-state index contributed by atoms with van der Waals surface area (Å²) in [4.78, 5) is 4.14. The van der Waals surface area contributed by atoms with Crippen molar-refractivity contribution in [2.45, 2.75) is 13.2 Å². The van der Waals surface area contributed by atoms with Crippen molar-refractivity contribution in [2.75, 3.05) is 0 Å². The van der Waals surface area contributed by atoms with E-state index in [4.69, 9.17) is 4.74 Å². The Morgan fingerprint density at radius 2 is 1.69 bits per heavy atom. The third kappa shape index (κ3) is 3.43. The Morgan fingerprint density at radius 3 is 2.38 bits per heavy atom. The van der Waals surface area contributed by atoms with Crippen LogP contribution >= 0.6 is 15.9 Å². The van der Waals surface area contributed by atoms with E-state index < -0.39 is 0 Å². The van der Waals surface area contributed by atoms with Gasteiger partial charge in [0.1, 0.15) is 4.60 Å². The number of benzene rings is 1. The van der Waals surface area contributed by atoms with E-state index in [1.165, 1.54) is 5.56 Å². The smallest absolute Gasteiger partial charge is 0.106 e. The number of pyridine rings is 1. The van der Waals surface area contributed by atoms with Crippen LogP contribution in [-0.4, -0.2) is 4.98 Å². The topological polar surface area (TPSA) is 22.1 Å². The summed E-state index contributed by atoms with van der Waals surface area (Å²) in [6, 6.07) is 14.1. The van der Waals surface area contributed by atoms with Gasteiger partial charge in [0.2, 0.25) is 0 Å². The highest BCUT2D eigenvalue weighted by molar-refractivity contribution is 9.10. The van der Waals surface area contributed by atoms with E-state index in [9.17, 15) is 0 Å². The van der Waals surface area contributed by atoms with Crippen LogP contribution in [0, 0.1) is 0 Å². The van der Waals surface area contributed by atoms with Crippen molar-refractivity contribution >= 4 is 15.9 Å². The minimum absolute atomic E-state index is 0.592. The molecule has 1 aromatic carbocycles. The number of ether oxygens (including phenoxy) is 1. The van der Waals surface area contributed by atoms with Crippen molar-refractivity contribution < 1.29 is 4.74 Å². The highest BCUT2D eigenvalue weighted by Gasteiger charge is 1.95. The monoisotopic (exact) mass is 277 g/mol. The lowest BCUT2D eigenvalue weighted by atomic mass is 10.2. The van der Waals surface area contributed by atoms with Crippen LogP contribution in [0.1, 0.15) is 11.1 Å². The second-order valence-corrected chi connectivity index (χ2v) is 4.28. The molecule has 0 unspecified atom stereocenters. The normalized spacial score (nSPS) is 10.3. The second kappa shape index (κ2) is 5.77. The molecule has 0 saturated heterocycles. The number of halogens is 1. The minimum Gasteiger partial charge on any atom is -0.372 e. The van der Waals surface area contributed by atoms with Crippen LogP contribution in [0.2, 0.25) is 0 Å². The molecule has 0 bridgehead atoms. The van der Waals surface area contributed by atoms with Crippen molar-refractivity contribution in [3.8, 4) is 0 Å². The minimum atomic E-state index is 0.592. The van der Waals surface area contributed by atoms with Crippen molar-refractivity contribution in [1.82, 2.24) is 4.98 Å². The SMILES string of the molecule is Brc1ccc(COCc2ccccc2)cn1. The molecular formula is C13H12BrNO. The molecule has 0 fully saturated rings. The van der Waals surface area contributed by atoms with E-state index in [1.807, 2.05) is 36.5 Å². The first-order valence-corrected chi connectivity index (χ1v) is 5.86. The summed E-state index contributed by atoms with van der Waals surface area (Å²) >= 11 is 3.30. The molecule has 1 aromatic heterocycles. The molecule has 0 aliphatic heterocycles. The molecule has 2 aromatic rings. The third-order valence-corrected chi connectivity index (χ3v) is 2.64. The Hall–Kier alpha value is -1.19. The zero-order valence-electron chi connectivity index (χ0n) is 8.77. The van der Waals surface area contributed by atoms with E-state index in [0.717, 1.165) is 10.2 Å². The molecule has 2 nitrogen and oxygen atoms in total. The van der Waals surface area contributed by atoms with Crippen molar-refractivity contribution in [3.05, 3.63) is 64.4 Å². The molecule has 0 aliphatic rings. The highest BCUT2D eigenvalue weighted by Crippen LogP contribution is 2.08. The van der Waals surface area contributed by atoms with Gasteiger partial charge in [-0.25, -0.2) is 4.98 Å². The van der Waals surface area contributed by atoms with Gasteiger partial charge in [-0.2, -0.15) is 0 Å². The first-order chi connectivity index (χ1) is 7.84.